The van der Waals surface area contributed by atoms with Crippen LogP contribution in [0.2, 0.25) is 0 Å². The normalized spacial score (nSPS) is 25.5. The van der Waals surface area contributed by atoms with E-state index in [1.54, 1.807) is 0 Å². The van der Waals surface area contributed by atoms with Crippen LogP contribution in [-0.2, 0) is 4.74 Å². The Hall–Kier alpha value is -0.500. The first-order chi connectivity index (χ1) is 7.36. The van der Waals surface area contributed by atoms with E-state index in [0.717, 1.165) is 25.2 Å². The molecule has 1 N–H and O–H groups in total. The van der Waals surface area contributed by atoms with Gasteiger partial charge in [-0.05, 0) is 18.4 Å². The van der Waals surface area contributed by atoms with Gasteiger partial charge >= 0.3 is 0 Å². The van der Waals surface area contributed by atoms with Crippen molar-refractivity contribution >= 4 is 0 Å². The summed E-state index contributed by atoms with van der Waals surface area (Å²) in [5, 5.41) is 10.00. The molecule has 2 heteroatoms. The number of aliphatic hydroxyl groups is 1. The van der Waals surface area contributed by atoms with Gasteiger partial charge in [-0.1, -0.05) is 38.5 Å². The molecule has 2 rings (SSSR count). The van der Waals surface area contributed by atoms with Crippen molar-refractivity contribution in [2.75, 3.05) is 6.61 Å². The summed E-state index contributed by atoms with van der Waals surface area (Å²) in [4.78, 5) is 0. The zero-order chi connectivity index (χ0) is 10.5. The van der Waals surface area contributed by atoms with E-state index in [0.29, 0.717) is 5.92 Å². The van der Waals surface area contributed by atoms with Crippen molar-refractivity contribution in [1.29, 1.82) is 0 Å². The molecule has 0 saturated heterocycles. The molecule has 1 unspecified atom stereocenters. The monoisotopic (exact) mass is 210 g/mol. The first-order valence-corrected chi connectivity index (χ1v) is 6.37. The summed E-state index contributed by atoms with van der Waals surface area (Å²) in [6.45, 7) is 0.761. The highest BCUT2D eigenvalue weighted by Gasteiger charge is 2.21. The number of hydrogen-bond acceptors (Lipinski definition) is 2. The van der Waals surface area contributed by atoms with E-state index in [-0.39, 0.29) is 6.10 Å². The molecule has 2 aliphatic rings. The van der Waals surface area contributed by atoms with Crippen LogP contribution in [0, 0.1) is 5.92 Å². The van der Waals surface area contributed by atoms with Gasteiger partial charge in [0.15, 0.2) is 0 Å². The topological polar surface area (TPSA) is 29.5 Å². The van der Waals surface area contributed by atoms with Crippen LogP contribution in [0.15, 0.2) is 11.8 Å². The van der Waals surface area contributed by atoms with Crippen molar-refractivity contribution in [3.8, 4) is 0 Å². The lowest BCUT2D eigenvalue weighted by atomic mass is 9.93. The lowest BCUT2D eigenvalue weighted by Crippen LogP contribution is -2.16. The molecule has 1 fully saturated rings. The minimum atomic E-state index is -0.337. The third-order valence-corrected chi connectivity index (χ3v) is 3.59. The molecule has 0 radical (unpaired) electrons. The van der Waals surface area contributed by atoms with Crippen LogP contribution < -0.4 is 0 Å². The zero-order valence-electron chi connectivity index (χ0n) is 9.45. The van der Waals surface area contributed by atoms with Gasteiger partial charge in [0.05, 0.1) is 6.61 Å². The van der Waals surface area contributed by atoms with Crippen molar-refractivity contribution in [2.45, 2.75) is 57.5 Å². The molecule has 0 aromatic carbocycles. The summed E-state index contributed by atoms with van der Waals surface area (Å²) in [6, 6.07) is 0. The highest BCUT2D eigenvalue weighted by atomic mass is 16.5. The Morgan fingerprint density at radius 3 is 2.60 bits per heavy atom. The minimum absolute atomic E-state index is 0.337. The van der Waals surface area contributed by atoms with Crippen molar-refractivity contribution in [1.82, 2.24) is 0 Å². The third kappa shape index (κ3) is 3.23. The van der Waals surface area contributed by atoms with Gasteiger partial charge in [0.2, 0.25) is 0 Å². The Morgan fingerprint density at radius 1 is 1.27 bits per heavy atom. The maximum absolute atomic E-state index is 10.00. The van der Waals surface area contributed by atoms with Crippen LogP contribution in [0.5, 0.6) is 0 Å². The summed E-state index contributed by atoms with van der Waals surface area (Å²) in [5.41, 5.74) is 0. The summed E-state index contributed by atoms with van der Waals surface area (Å²) in [7, 11) is 0. The molecule has 0 spiro atoms. The predicted octanol–water partition coefficient (Wildman–Crippen LogP) is 3.01. The molecule has 1 heterocycles. The Labute approximate surface area is 92.3 Å². The Bertz CT molecular complexity index is 215. The van der Waals surface area contributed by atoms with Crippen LogP contribution in [0.1, 0.15) is 51.4 Å². The van der Waals surface area contributed by atoms with Crippen LogP contribution in [0.3, 0.4) is 0 Å². The first kappa shape index (κ1) is 11.0. The van der Waals surface area contributed by atoms with Gasteiger partial charge in [0.1, 0.15) is 11.9 Å². The van der Waals surface area contributed by atoms with E-state index in [1.807, 2.05) is 6.08 Å². The molecule has 0 aromatic rings. The number of hydrogen-bond donors (Lipinski definition) is 1. The molecule has 86 valence electrons. The molecule has 15 heavy (non-hydrogen) atoms. The van der Waals surface area contributed by atoms with Crippen molar-refractivity contribution in [3.05, 3.63) is 11.8 Å². The van der Waals surface area contributed by atoms with Crippen LogP contribution in [0.25, 0.3) is 0 Å². The lowest BCUT2D eigenvalue weighted by Gasteiger charge is -2.19. The summed E-state index contributed by atoms with van der Waals surface area (Å²) in [5.74, 6) is 1.55. The summed E-state index contributed by atoms with van der Waals surface area (Å²) < 4.78 is 5.40. The SMILES string of the molecule is OC(CC1CCCCCC1)C1=CCCO1. The fourth-order valence-electron chi connectivity index (χ4n) is 2.70. The predicted molar refractivity (Wildman–Crippen MR) is 60.5 cm³/mol. The lowest BCUT2D eigenvalue weighted by molar-refractivity contribution is 0.0961. The smallest absolute Gasteiger partial charge is 0.121 e. The average Bonchev–Trinajstić information content (AvgIpc) is 2.65. The number of rotatable bonds is 3. The van der Waals surface area contributed by atoms with Gasteiger partial charge in [-0.3, -0.25) is 0 Å². The molecule has 0 amide bonds. The molecule has 0 aromatic heterocycles. The zero-order valence-corrected chi connectivity index (χ0v) is 9.45. The number of aliphatic hydroxyl groups excluding tert-OH is 1. The maximum atomic E-state index is 10.00. The molecular weight excluding hydrogens is 188 g/mol. The quantitative estimate of drug-likeness (QED) is 0.726. The molecule has 1 aliphatic carbocycles. The molecule has 1 saturated carbocycles. The second-order valence-corrected chi connectivity index (χ2v) is 4.85. The molecule has 2 nitrogen and oxygen atoms in total. The highest BCUT2D eigenvalue weighted by molar-refractivity contribution is 5.04. The van der Waals surface area contributed by atoms with Crippen LogP contribution in [-0.4, -0.2) is 17.8 Å². The average molecular weight is 210 g/mol. The van der Waals surface area contributed by atoms with Crippen molar-refractivity contribution < 1.29 is 9.84 Å². The van der Waals surface area contributed by atoms with Gasteiger partial charge in [-0.15, -0.1) is 0 Å². The first-order valence-electron chi connectivity index (χ1n) is 6.37. The van der Waals surface area contributed by atoms with Crippen molar-refractivity contribution in [3.63, 3.8) is 0 Å². The molecule has 1 atom stereocenters. The largest absolute Gasteiger partial charge is 0.495 e. The fraction of sp³-hybridized carbons (Fsp3) is 0.846. The van der Waals surface area contributed by atoms with Gasteiger partial charge in [0.25, 0.3) is 0 Å². The second-order valence-electron chi connectivity index (χ2n) is 4.85. The van der Waals surface area contributed by atoms with Gasteiger partial charge < -0.3 is 9.84 Å². The van der Waals surface area contributed by atoms with Crippen LogP contribution >= 0.6 is 0 Å². The Balaban J connectivity index is 1.78. The Kier molecular flexibility index (Phi) is 4.07. The standard InChI is InChI=1S/C13H22O2/c14-12(13-8-5-9-15-13)10-11-6-3-1-2-4-7-11/h8,11-12,14H,1-7,9-10H2. The van der Waals surface area contributed by atoms with E-state index < -0.39 is 0 Å². The van der Waals surface area contributed by atoms with Crippen molar-refractivity contribution in [2.24, 2.45) is 5.92 Å². The third-order valence-electron chi connectivity index (χ3n) is 3.59. The maximum Gasteiger partial charge on any atom is 0.121 e. The van der Waals surface area contributed by atoms with Crippen LogP contribution in [0.4, 0.5) is 0 Å². The second kappa shape index (κ2) is 5.55. The van der Waals surface area contributed by atoms with Gasteiger partial charge in [-0.25, -0.2) is 0 Å². The van der Waals surface area contributed by atoms with E-state index in [9.17, 15) is 5.11 Å². The summed E-state index contributed by atoms with van der Waals surface area (Å²) in [6.07, 6.45) is 11.6. The van der Waals surface area contributed by atoms with Gasteiger partial charge in [-0.2, -0.15) is 0 Å². The van der Waals surface area contributed by atoms with E-state index >= 15 is 0 Å². The van der Waals surface area contributed by atoms with E-state index in [2.05, 4.69) is 0 Å². The fourth-order valence-corrected chi connectivity index (χ4v) is 2.70. The van der Waals surface area contributed by atoms with Gasteiger partial charge in [0, 0.05) is 6.42 Å². The van der Waals surface area contributed by atoms with E-state index in [1.165, 1.54) is 38.5 Å². The Morgan fingerprint density at radius 2 is 2.00 bits per heavy atom. The molecule has 0 bridgehead atoms. The summed E-state index contributed by atoms with van der Waals surface area (Å²) >= 11 is 0. The van der Waals surface area contributed by atoms with E-state index in [4.69, 9.17) is 4.74 Å². The highest BCUT2D eigenvalue weighted by Crippen LogP contribution is 2.29. The molecule has 1 aliphatic heterocycles. The number of ether oxygens (including phenoxy) is 1. The molecular formula is C13H22O2. The minimum Gasteiger partial charge on any atom is -0.495 e.